The Labute approximate surface area is 111 Å². The molecule has 0 amide bonds. The van der Waals surface area contributed by atoms with Crippen LogP contribution >= 0.6 is 0 Å². The number of non-ortho nitro benzene ring substituents is 1. The van der Waals surface area contributed by atoms with Crippen molar-refractivity contribution in [3.63, 3.8) is 0 Å². The molecule has 1 aliphatic carbocycles. The molecule has 1 aliphatic rings. The van der Waals surface area contributed by atoms with Crippen molar-refractivity contribution >= 4 is 15.7 Å². The second-order valence-corrected chi connectivity index (χ2v) is 6.27. The van der Waals surface area contributed by atoms with E-state index in [2.05, 4.69) is 4.72 Å². The fourth-order valence-electron chi connectivity index (χ4n) is 1.85. The van der Waals surface area contributed by atoms with E-state index in [0.717, 1.165) is 12.8 Å². The molecule has 0 bridgehead atoms. The predicted octanol–water partition coefficient (Wildman–Crippen LogP) is 0.610. The highest BCUT2D eigenvalue weighted by Crippen LogP contribution is 2.32. The van der Waals surface area contributed by atoms with E-state index < -0.39 is 14.9 Å². The van der Waals surface area contributed by atoms with Crippen LogP contribution in [0.4, 0.5) is 5.69 Å². The number of benzene rings is 1. The minimum Gasteiger partial charge on any atom is -0.329 e. The van der Waals surface area contributed by atoms with E-state index in [0.29, 0.717) is 5.92 Å². The lowest BCUT2D eigenvalue weighted by Gasteiger charge is -2.16. The Balaban J connectivity index is 2.16. The van der Waals surface area contributed by atoms with Gasteiger partial charge in [-0.05, 0) is 30.9 Å². The summed E-state index contributed by atoms with van der Waals surface area (Å²) in [4.78, 5) is 9.95. The molecule has 0 saturated heterocycles. The molecule has 1 aromatic rings. The summed E-state index contributed by atoms with van der Waals surface area (Å²) in [7, 11) is -3.67. The zero-order valence-corrected chi connectivity index (χ0v) is 11.0. The fourth-order valence-corrected chi connectivity index (χ4v) is 3.17. The van der Waals surface area contributed by atoms with Gasteiger partial charge in [-0.3, -0.25) is 10.1 Å². The number of nitrogens with two attached hydrogens (primary N) is 1. The van der Waals surface area contributed by atoms with Crippen LogP contribution in [0.5, 0.6) is 0 Å². The normalized spacial score (nSPS) is 17.1. The van der Waals surface area contributed by atoms with Gasteiger partial charge in [-0.1, -0.05) is 0 Å². The Kier molecular flexibility index (Phi) is 3.83. The molecule has 19 heavy (non-hydrogen) atoms. The maximum Gasteiger partial charge on any atom is 0.269 e. The molecule has 2 rings (SSSR count). The summed E-state index contributed by atoms with van der Waals surface area (Å²) in [5, 5.41) is 10.5. The van der Waals surface area contributed by atoms with Crippen molar-refractivity contribution in [3.8, 4) is 0 Å². The van der Waals surface area contributed by atoms with Gasteiger partial charge in [-0.15, -0.1) is 0 Å². The summed E-state index contributed by atoms with van der Waals surface area (Å²) in [6.45, 7) is 0.247. The van der Waals surface area contributed by atoms with E-state index in [1.165, 1.54) is 24.3 Å². The summed E-state index contributed by atoms with van der Waals surface area (Å²) in [5.74, 6) is 0.304. The monoisotopic (exact) mass is 285 g/mol. The smallest absolute Gasteiger partial charge is 0.269 e. The Morgan fingerprint density at radius 2 is 1.95 bits per heavy atom. The largest absolute Gasteiger partial charge is 0.329 e. The summed E-state index contributed by atoms with van der Waals surface area (Å²) in [6, 6.07) is 4.52. The van der Waals surface area contributed by atoms with Crippen molar-refractivity contribution in [2.45, 2.75) is 23.8 Å². The number of sulfonamides is 1. The number of nitro benzene ring substituents is 1. The number of rotatable bonds is 6. The first-order valence-electron chi connectivity index (χ1n) is 5.91. The molecule has 0 aliphatic heterocycles. The molecule has 1 saturated carbocycles. The van der Waals surface area contributed by atoms with Crippen LogP contribution in [0.25, 0.3) is 0 Å². The van der Waals surface area contributed by atoms with Crippen molar-refractivity contribution in [3.05, 3.63) is 34.4 Å². The molecular formula is C11H15N3O4S. The van der Waals surface area contributed by atoms with Gasteiger partial charge >= 0.3 is 0 Å². The van der Waals surface area contributed by atoms with E-state index in [4.69, 9.17) is 5.73 Å². The summed E-state index contributed by atoms with van der Waals surface area (Å²) >= 11 is 0. The standard InChI is InChI=1S/C11H15N3O4S/c12-7-11(8-1-2-8)13-19(17,18)10-5-3-9(4-6-10)14(15)16/h3-6,8,11,13H,1-2,7,12H2/t11-/m0/s1. The highest BCUT2D eigenvalue weighted by molar-refractivity contribution is 7.89. The van der Waals surface area contributed by atoms with Crippen molar-refractivity contribution in [2.75, 3.05) is 6.54 Å². The molecule has 1 fully saturated rings. The van der Waals surface area contributed by atoms with Gasteiger partial charge in [0.2, 0.25) is 10.0 Å². The van der Waals surface area contributed by atoms with E-state index in [1.807, 2.05) is 0 Å². The van der Waals surface area contributed by atoms with Gasteiger partial charge < -0.3 is 5.73 Å². The van der Waals surface area contributed by atoms with Crippen LogP contribution in [0.3, 0.4) is 0 Å². The van der Waals surface area contributed by atoms with Crippen LogP contribution in [0.1, 0.15) is 12.8 Å². The van der Waals surface area contributed by atoms with Crippen molar-refractivity contribution in [2.24, 2.45) is 11.7 Å². The topological polar surface area (TPSA) is 115 Å². The third-order valence-corrected chi connectivity index (χ3v) is 4.62. The van der Waals surface area contributed by atoms with Crippen LogP contribution in [0.2, 0.25) is 0 Å². The zero-order valence-electron chi connectivity index (χ0n) is 10.2. The maximum atomic E-state index is 12.1. The molecule has 0 spiro atoms. The SMILES string of the molecule is NC[C@H](NS(=O)(=O)c1ccc([N+](=O)[O-])cc1)C1CC1. The zero-order chi connectivity index (χ0) is 14.0. The highest BCUT2D eigenvalue weighted by Gasteiger charge is 2.33. The van der Waals surface area contributed by atoms with Crippen LogP contribution in [0, 0.1) is 16.0 Å². The van der Waals surface area contributed by atoms with Gasteiger partial charge in [0.15, 0.2) is 0 Å². The Morgan fingerprint density at radius 3 is 2.37 bits per heavy atom. The molecule has 0 heterocycles. The first-order valence-corrected chi connectivity index (χ1v) is 7.39. The summed E-state index contributed by atoms with van der Waals surface area (Å²) < 4.78 is 26.7. The molecule has 3 N–H and O–H groups in total. The second-order valence-electron chi connectivity index (χ2n) is 4.55. The number of nitro groups is 1. The first-order chi connectivity index (χ1) is 8.94. The lowest BCUT2D eigenvalue weighted by Crippen LogP contribution is -2.41. The maximum absolute atomic E-state index is 12.1. The van der Waals surface area contributed by atoms with Gasteiger partial charge in [0, 0.05) is 24.7 Å². The van der Waals surface area contributed by atoms with E-state index in [-0.39, 0.29) is 23.2 Å². The third-order valence-electron chi connectivity index (χ3n) is 3.11. The van der Waals surface area contributed by atoms with E-state index in [9.17, 15) is 18.5 Å². The Hall–Kier alpha value is -1.51. The third kappa shape index (κ3) is 3.28. The molecular weight excluding hydrogens is 270 g/mol. The number of hydrogen-bond acceptors (Lipinski definition) is 5. The Bertz CT molecular complexity index is 566. The van der Waals surface area contributed by atoms with Gasteiger partial charge in [0.05, 0.1) is 9.82 Å². The highest BCUT2D eigenvalue weighted by atomic mass is 32.2. The summed E-state index contributed by atoms with van der Waals surface area (Å²) in [5.41, 5.74) is 5.40. The van der Waals surface area contributed by atoms with Crippen molar-refractivity contribution in [1.82, 2.24) is 4.72 Å². The number of hydrogen-bond donors (Lipinski definition) is 2. The lowest BCUT2D eigenvalue weighted by atomic mass is 10.2. The average molecular weight is 285 g/mol. The Morgan fingerprint density at radius 1 is 1.37 bits per heavy atom. The lowest BCUT2D eigenvalue weighted by molar-refractivity contribution is -0.384. The second kappa shape index (κ2) is 5.24. The predicted molar refractivity (Wildman–Crippen MR) is 69.0 cm³/mol. The van der Waals surface area contributed by atoms with Crippen LogP contribution < -0.4 is 10.5 Å². The fraction of sp³-hybridized carbons (Fsp3) is 0.455. The molecule has 1 atom stereocenters. The van der Waals surface area contributed by atoms with E-state index in [1.54, 1.807) is 0 Å². The van der Waals surface area contributed by atoms with E-state index >= 15 is 0 Å². The van der Waals surface area contributed by atoms with Crippen LogP contribution in [0.15, 0.2) is 29.2 Å². The minimum atomic E-state index is -3.67. The number of nitrogens with one attached hydrogen (secondary N) is 1. The summed E-state index contributed by atoms with van der Waals surface area (Å²) in [6.07, 6.45) is 1.95. The molecule has 1 aromatic carbocycles. The van der Waals surface area contributed by atoms with Gasteiger partial charge in [-0.2, -0.15) is 0 Å². The first kappa shape index (κ1) is 13.9. The number of nitrogens with zero attached hydrogens (tertiary/aromatic N) is 1. The quantitative estimate of drug-likeness (QED) is 0.587. The van der Waals surface area contributed by atoms with Crippen molar-refractivity contribution in [1.29, 1.82) is 0 Å². The molecule has 104 valence electrons. The minimum absolute atomic E-state index is 0.0113. The molecule has 0 unspecified atom stereocenters. The molecule has 8 heteroatoms. The molecule has 0 aromatic heterocycles. The molecule has 7 nitrogen and oxygen atoms in total. The van der Waals surface area contributed by atoms with Gasteiger partial charge in [-0.25, -0.2) is 13.1 Å². The van der Waals surface area contributed by atoms with Crippen LogP contribution in [-0.4, -0.2) is 25.9 Å². The van der Waals surface area contributed by atoms with Crippen molar-refractivity contribution < 1.29 is 13.3 Å². The van der Waals surface area contributed by atoms with Crippen LogP contribution in [-0.2, 0) is 10.0 Å². The van der Waals surface area contributed by atoms with Gasteiger partial charge in [0.25, 0.3) is 5.69 Å². The average Bonchev–Trinajstić information content (AvgIpc) is 3.20. The van der Waals surface area contributed by atoms with Gasteiger partial charge in [0.1, 0.15) is 0 Å². The molecule has 0 radical (unpaired) electrons.